The van der Waals surface area contributed by atoms with E-state index in [0.29, 0.717) is 11.5 Å². The number of fused-ring (bicyclic) bond motifs is 1. The molecule has 2 aliphatic heterocycles. The number of benzene rings is 1. The molecule has 2 aliphatic rings. The molecular weight excluding hydrogens is 546 g/mol. The second kappa shape index (κ2) is 11.5. The summed E-state index contributed by atoms with van der Waals surface area (Å²) >= 11 is 0.896. The van der Waals surface area contributed by atoms with E-state index in [1.807, 2.05) is 0 Å². The lowest BCUT2D eigenvalue weighted by Crippen LogP contribution is -2.37. The molecule has 13 nitrogen and oxygen atoms in total. The standard InChI is InChI=1S/C22H28FN4O9PS/c1-11(2)35-21(29)12(3)26-37(31,36-13-4-5-14-15(8-13)33-10-32-14)34-9-16-19(28)18(23)20(38-16)27-7-6-17(24)25-22(27)30/h4-8,11-12,16,18-20,28H,9-10H2,1-3H3,(H,26,31)(H2,24,25,30)/t12?,16-,18+,19-,20-,37+/m1/s1. The van der Waals surface area contributed by atoms with Crippen LogP contribution < -0.4 is 30.5 Å². The van der Waals surface area contributed by atoms with Gasteiger partial charge in [0.25, 0.3) is 0 Å². The van der Waals surface area contributed by atoms with E-state index in [4.69, 9.17) is 29.0 Å². The molecule has 1 aromatic heterocycles. The Morgan fingerprint density at radius 1 is 1.34 bits per heavy atom. The first-order valence-corrected chi connectivity index (χ1v) is 14.1. The van der Waals surface area contributed by atoms with Crippen LogP contribution in [-0.4, -0.2) is 63.7 Å². The first kappa shape index (κ1) is 28.2. The van der Waals surface area contributed by atoms with Gasteiger partial charge in [0.05, 0.1) is 18.0 Å². The van der Waals surface area contributed by atoms with Gasteiger partial charge in [-0.05, 0) is 39.0 Å². The van der Waals surface area contributed by atoms with E-state index in [0.717, 1.165) is 16.3 Å². The second-order valence-corrected chi connectivity index (χ2v) is 11.8. The number of nitrogen functional groups attached to an aromatic ring is 1. The van der Waals surface area contributed by atoms with E-state index in [2.05, 4.69) is 10.1 Å². The van der Waals surface area contributed by atoms with Crippen molar-refractivity contribution in [2.24, 2.45) is 0 Å². The van der Waals surface area contributed by atoms with Crippen LogP contribution in [0.1, 0.15) is 26.1 Å². The number of esters is 1. The molecule has 1 unspecified atom stereocenters. The van der Waals surface area contributed by atoms with Gasteiger partial charge in [0.1, 0.15) is 29.1 Å². The molecule has 6 atom stereocenters. The number of aromatic nitrogens is 2. The van der Waals surface area contributed by atoms with Crippen LogP contribution in [0, 0.1) is 0 Å². The van der Waals surface area contributed by atoms with Crippen LogP contribution in [0.4, 0.5) is 10.2 Å². The molecule has 0 radical (unpaired) electrons. The maximum absolute atomic E-state index is 15.0. The highest BCUT2D eigenvalue weighted by Crippen LogP contribution is 2.50. The Kier molecular flexibility index (Phi) is 8.52. The number of alkyl halides is 1. The number of carbonyl (C=O) groups excluding carboxylic acids is 1. The van der Waals surface area contributed by atoms with Crippen molar-refractivity contribution >= 4 is 31.3 Å². The van der Waals surface area contributed by atoms with Crippen molar-refractivity contribution < 1.29 is 42.1 Å². The lowest BCUT2D eigenvalue weighted by atomic mass is 10.1. The molecule has 1 aromatic carbocycles. The third-order valence-electron chi connectivity index (χ3n) is 5.46. The second-order valence-electron chi connectivity index (χ2n) is 8.78. The van der Waals surface area contributed by atoms with Crippen molar-refractivity contribution in [1.82, 2.24) is 14.6 Å². The molecule has 4 N–H and O–H groups in total. The molecule has 3 heterocycles. The molecular formula is C22H28FN4O9PS. The molecule has 2 aromatic rings. The Labute approximate surface area is 221 Å². The Morgan fingerprint density at radius 3 is 2.79 bits per heavy atom. The van der Waals surface area contributed by atoms with Gasteiger partial charge in [-0.3, -0.25) is 13.9 Å². The zero-order chi connectivity index (χ0) is 27.6. The van der Waals surface area contributed by atoms with Gasteiger partial charge in [0.2, 0.25) is 6.79 Å². The predicted octanol–water partition coefficient (Wildman–Crippen LogP) is 2.00. The Morgan fingerprint density at radius 2 is 2.08 bits per heavy atom. The van der Waals surface area contributed by atoms with Crippen molar-refractivity contribution in [2.75, 3.05) is 19.1 Å². The highest BCUT2D eigenvalue weighted by atomic mass is 32.2. The SMILES string of the molecule is CC(C)OC(=O)C(C)N[P@](=O)(OC[C@H]1S[C@@H](n2ccc(N)nc2=O)[C@@H](F)[C@@H]1O)Oc1ccc2c(c1)OCO2. The number of thioether (sulfide) groups is 1. The fourth-order valence-corrected chi connectivity index (χ4v) is 6.67. The van der Waals surface area contributed by atoms with Crippen LogP contribution in [0.25, 0.3) is 0 Å². The molecule has 0 amide bonds. The number of rotatable bonds is 10. The van der Waals surface area contributed by atoms with Crippen LogP contribution >= 0.6 is 19.5 Å². The summed E-state index contributed by atoms with van der Waals surface area (Å²) in [4.78, 5) is 28.1. The van der Waals surface area contributed by atoms with E-state index >= 15 is 0 Å². The smallest absolute Gasteiger partial charge is 0.459 e. The molecule has 0 aliphatic carbocycles. The molecule has 0 bridgehead atoms. The van der Waals surface area contributed by atoms with Gasteiger partial charge in [-0.25, -0.2) is 13.8 Å². The van der Waals surface area contributed by atoms with Gasteiger partial charge < -0.3 is 29.6 Å². The molecule has 0 spiro atoms. The number of anilines is 1. The minimum absolute atomic E-state index is 0.0121. The molecule has 1 saturated heterocycles. The van der Waals surface area contributed by atoms with Gasteiger partial charge in [0.15, 0.2) is 17.7 Å². The normalized spacial score (nSPS) is 24.7. The van der Waals surface area contributed by atoms with Crippen molar-refractivity contribution in [3.8, 4) is 17.2 Å². The topological polar surface area (TPSA) is 173 Å². The Hall–Kier alpha value is -2.84. The molecule has 4 rings (SSSR count). The third kappa shape index (κ3) is 6.41. The first-order chi connectivity index (χ1) is 18.0. The summed E-state index contributed by atoms with van der Waals surface area (Å²) in [5, 5.41) is 11.0. The van der Waals surface area contributed by atoms with Crippen LogP contribution in [0.15, 0.2) is 35.3 Å². The highest BCUT2D eigenvalue weighted by molar-refractivity contribution is 8.00. The van der Waals surface area contributed by atoms with E-state index in [9.17, 15) is 23.7 Å². The molecule has 16 heteroatoms. The summed E-state index contributed by atoms with van der Waals surface area (Å²) in [6, 6.07) is 4.67. The van der Waals surface area contributed by atoms with E-state index < -0.39 is 61.1 Å². The van der Waals surface area contributed by atoms with Crippen LogP contribution in [0.3, 0.4) is 0 Å². The quantitative estimate of drug-likeness (QED) is 0.278. The van der Waals surface area contributed by atoms with Crippen LogP contribution in [-0.2, 0) is 18.6 Å². The Balaban J connectivity index is 1.51. The third-order valence-corrected chi connectivity index (χ3v) is 8.63. The number of nitrogens with two attached hydrogens (primary N) is 1. The number of halogens is 1. The summed E-state index contributed by atoms with van der Waals surface area (Å²) < 4.78 is 56.7. The van der Waals surface area contributed by atoms with Gasteiger partial charge in [0, 0.05) is 12.3 Å². The summed E-state index contributed by atoms with van der Waals surface area (Å²) in [6.45, 7) is 4.29. The van der Waals surface area contributed by atoms with Crippen LogP contribution in [0.5, 0.6) is 17.2 Å². The lowest BCUT2D eigenvalue weighted by molar-refractivity contribution is -0.149. The van der Waals surface area contributed by atoms with Gasteiger partial charge in [-0.1, -0.05) is 0 Å². The number of nitrogens with zero attached hydrogens (tertiary/aromatic N) is 2. The summed E-state index contributed by atoms with van der Waals surface area (Å²) in [5.74, 6) is 0.173. The summed E-state index contributed by atoms with van der Waals surface area (Å²) in [6.07, 6.45) is -2.57. The van der Waals surface area contributed by atoms with Gasteiger partial charge >= 0.3 is 19.4 Å². The van der Waals surface area contributed by atoms with Gasteiger partial charge in [-0.2, -0.15) is 10.1 Å². The maximum Gasteiger partial charge on any atom is 0.459 e. The fraction of sp³-hybridized carbons (Fsp3) is 0.500. The molecule has 0 saturated carbocycles. The minimum Gasteiger partial charge on any atom is -0.462 e. The Bertz CT molecular complexity index is 1280. The summed E-state index contributed by atoms with van der Waals surface area (Å²) in [7, 11) is -4.32. The lowest BCUT2D eigenvalue weighted by Gasteiger charge is -2.25. The van der Waals surface area contributed by atoms with Crippen molar-refractivity contribution in [3.63, 3.8) is 0 Å². The summed E-state index contributed by atoms with van der Waals surface area (Å²) in [5.41, 5.74) is 4.72. The van der Waals surface area contributed by atoms with Crippen molar-refractivity contribution in [1.29, 1.82) is 0 Å². The number of hydrogen-bond acceptors (Lipinski definition) is 12. The highest BCUT2D eigenvalue weighted by Gasteiger charge is 2.46. The fourth-order valence-electron chi connectivity index (χ4n) is 3.64. The number of nitrogens with one attached hydrogen (secondary N) is 1. The molecule has 1 fully saturated rings. The largest absolute Gasteiger partial charge is 0.462 e. The zero-order valence-electron chi connectivity index (χ0n) is 20.7. The monoisotopic (exact) mass is 574 g/mol. The van der Waals surface area contributed by atoms with Gasteiger partial charge in [-0.15, -0.1) is 11.8 Å². The average molecular weight is 575 g/mol. The van der Waals surface area contributed by atoms with Crippen molar-refractivity contribution in [3.05, 3.63) is 40.9 Å². The van der Waals surface area contributed by atoms with E-state index in [1.54, 1.807) is 19.9 Å². The molecule has 38 heavy (non-hydrogen) atoms. The van der Waals surface area contributed by atoms with E-state index in [1.165, 1.54) is 31.3 Å². The number of aliphatic hydroxyl groups excluding tert-OH is 1. The number of aliphatic hydroxyl groups is 1. The maximum atomic E-state index is 15.0. The van der Waals surface area contributed by atoms with E-state index in [-0.39, 0.29) is 18.4 Å². The number of ether oxygens (including phenoxy) is 3. The van der Waals surface area contributed by atoms with Crippen LogP contribution in [0.2, 0.25) is 0 Å². The van der Waals surface area contributed by atoms with Crippen molar-refractivity contribution in [2.45, 2.75) is 55.8 Å². The predicted molar refractivity (Wildman–Crippen MR) is 135 cm³/mol. The number of carbonyl (C=O) groups is 1. The number of hydrogen-bond donors (Lipinski definition) is 3. The average Bonchev–Trinajstić information content (AvgIpc) is 3.42. The minimum atomic E-state index is -4.32. The zero-order valence-corrected chi connectivity index (χ0v) is 22.4. The molecule has 208 valence electrons. The first-order valence-electron chi connectivity index (χ1n) is 11.6.